The molecule has 1 saturated heterocycles. The van der Waals surface area contributed by atoms with Gasteiger partial charge in [-0.25, -0.2) is 4.98 Å². The van der Waals surface area contributed by atoms with Gasteiger partial charge < -0.3 is 19.2 Å². The van der Waals surface area contributed by atoms with Crippen LogP contribution in [0, 0.1) is 6.92 Å². The van der Waals surface area contributed by atoms with E-state index in [2.05, 4.69) is 15.2 Å². The first kappa shape index (κ1) is 18.5. The molecule has 7 nitrogen and oxygen atoms in total. The summed E-state index contributed by atoms with van der Waals surface area (Å²) in [4.78, 5) is 19.3. The SMILES string of the molecule is Cc1ccc2nc(C(=O)Nc3cccc(OCCN4CCOCC4)c3)cn2c1. The second-order valence-electron chi connectivity index (χ2n) is 6.88. The minimum atomic E-state index is -0.244. The summed E-state index contributed by atoms with van der Waals surface area (Å²) in [5.41, 5.74) is 2.92. The number of carbonyl (C=O) groups excluding carboxylic acids is 1. The maximum absolute atomic E-state index is 12.6. The maximum atomic E-state index is 12.6. The smallest absolute Gasteiger partial charge is 0.275 e. The zero-order valence-corrected chi connectivity index (χ0v) is 15.9. The maximum Gasteiger partial charge on any atom is 0.275 e. The average molecular weight is 380 g/mol. The molecule has 7 heteroatoms. The van der Waals surface area contributed by atoms with Gasteiger partial charge in [0.25, 0.3) is 5.91 Å². The Hall–Kier alpha value is -2.90. The van der Waals surface area contributed by atoms with Crippen molar-refractivity contribution < 1.29 is 14.3 Å². The fourth-order valence-corrected chi connectivity index (χ4v) is 3.19. The molecule has 2 aromatic heterocycles. The Labute approximate surface area is 163 Å². The van der Waals surface area contributed by atoms with Crippen LogP contribution in [0.15, 0.2) is 48.8 Å². The highest BCUT2D eigenvalue weighted by atomic mass is 16.5. The van der Waals surface area contributed by atoms with Gasteiger partial charge in [-0.3, -0.25) is 9.69 Å². The number of amides is 1. The Balaban J connectivity index is 1.36. The number of fused-ring (bicyclic) bond motifs is 1. The van der Waals surface area contributed by atoms with Crippen LogP contribution in [0.25, 0.3) is 5.65 Å². The van der Waals surface area contributed by atoms with E-state index >= 15 is 0 Å². The second kappa shape index (κ2) is 8.41. The van der Waals surface area contributed by atoms with Gasteiger partial charge in [0.2, 0.25) is 0 Å². The van der Waals surface area contributed by atoms with Crippen LogP contribution < -0.4 is 10.1 Å². The lowest BCUT2D eigenvalue weighted by Gasteiger charge is -2.26. The van der Waals surface area contributed by atoms with Crippen molar-refractivity contribution >= 4 is 17.2 Å². The molecule has 3 aromatic rings. The van der Waals surface area contributed by atoms with Gasteiger partial charge in [-0.15, -0.1) is 0 Å². The lowest BCUT2D eigenvalue weighted by atomic mass is 10.3. The summed E-state index contributed by atoms with van der Waals surface area (Å²) < 4.78 is 13.1. The number of aryl methyl sites for hydroxylation is 1. The van der Waals surface area contributed by atoms with Crippen molar-refractivity contribution in [3.63, 3.8) is 0 Å². The molecule has 1 fully saturated rings. The first-order valence-electron chi connectivity index (χ1n) is 9.47. The van der Waals surface area contributed by atoms with Gasteiger partial charge in [-0.1, -0.05) is 12.1 Å². The molecule has 0 aliphatic carbocycles. The number of rotatable bonds is 6. The highest BCUT2D eigenvalue weighted by molar-refractivity contribution is 6.03. The molecule has 1 amide bonds. The predicted molar refractivity (Wildman–Crippen MR) is 107 cm³/mol. The van der Waals surface area contributed by atoms with E-state index in [-0.39, 0.29) is 5.91 Å². The van der Waals surface area contributed by atoms with Crippen molar-refractivity contribution in [2.24, 2.45) is 0 Å². The summed E-state index contributed by atoms with van der Waals surface area (Å²) in [7, 11) is 0. The molecule has 4 rings (SSSR count). The van der Waals surface area contributed by atoms with Crippen LogP contribution in [-0.4, -0.2) is 59.6 Å². The number of ether oxygens (including phenoxy) is 2. The summed E-state index contributed by atoms with van der Waals surface area (Å²) in [5, 5.41) is 2.89. The summed E-state index contributed by atoms with van der Waals surface area (Å²) in [5.74, 6) is 0.489. The fraction of sp³-hybridized carbons (Fsp3) is 0.333. The molecule has 1 aromatic carbocycles. The lowest BCUT2D eigenvalue weighted by molar-refractivity contribution is 0.0322. The number of nitrogens with zero attached hydrogens (tertiary/aromatic N) is 3. The molecule has 1 N–H and O–H groups in total. The van der Waals surface area contributed by atoms with Crippen molar-refractivity contribution in [2.75, 3.05) is 44.8 Å². The molecule has 0 saturated carbocycles. The van der Waals surface area contributed by atoms with Crippen molar-refractivity contribution in [1.82, 2.24) is 14.3 Å². The van der Waals surface area contributed by atoms with Crippen molar-refractivity contribution in [2.45, 2.75) is 6.92 Å². The Morgan fingerprint density at radius 1 is 1.21 bits per heavy atom. The molecule has 3 heterocycles. The Morgan fingerprint density at radius 2 is 2.07 bits per heavy atom. The Kier molecular flexibility index (Phi) is 5.55. The first-order valence-corrected chi connectivity index (χ1v) is 9.47. The molecular formula is C21H24N4O3. The average Bonchev–Trinajstić information content (AvgIpc) is 3.12. The van der Waals surface area contributed by atoms with Gasteiger partial charge >= 0.3 is 0 Å². The number of aromatic nitrogens is 2. The number of carbonyl (C=O) groups is 1. The van der Waals surface area contributed by atoms with Crippen LogP contribution in [0.2, 0.25) is 0 Å². The lowest BCUT2D eigenvalue weighted by Crippen LogP contribution is -2.38. The van der Waals surface area contributed by atoms with Gasteiger partial charge in [-0.05, 0) is 30.7 Å². The molecule has 1 aliphatic rings. The van der Waals surface area contributed by atoms with Gasteiger partial charge in [0, 0.05) is 43.8 Å². The number of pyridine rings is 1. The number of morpholine rings is 1. The number of hydrogen-bond acceptors (Lipinski definition) is 5. The highest BCUT2D eigenvalue weighted by Gasteiger charge is 2.12. The van der Waals surface area contributed by atoms with E-state index in [1.165, 1.54) is 0 Å². The largest absolute Gasteiger partial charge is 0.492 e. The quantitative estimate of drug-likeness (QED) is 0.712. The third kappa shape index (κ3) is 4.49. The fourth-order valence-electron chi connectivity index (χ4n) is 3.19. The molecule has 146 valence electrons. The second-order valence-corrected chi connectivity index (χ2v) is 6.88. The van der Waals surface area contributed by atoms with E-state index in [1.54, 1.807) is 6.20 Å². The number of hydrogen-bond donors (Lipinski definition) is 1. The molecule has 0 unspecified atom stereocenters. The van der Waals surface area contributed by atoms with Gasteiger partial charge in [0.1, 0.15) is 23.7 Å². The normalized spacial score (nSPS) is 14.9. The number of anilines is 1. The number of nitrogens with one attached hydrogen (secondary N) is 1. The zero-order chi connectivity index (χ0) is 19.3. The Bertz CT molecular complexity index is 963. The summed E-state index contributed by atoms with van der Waals surface area (Å²) in [6.45, 7) is 6.91. The van der Waals surface area contributed by atoms with E-state index in [0.717, 1.165) is 49.8 Å². The monoisotopic (exact) mass is 380 g/mol. The number of benzene rings is 1. The summed E-state index contributed by atoms with van der Waals surface area (Å²) >= 11 is 0. The van der Waals surface area contributed by atoms with E-state index in [0.29, 0.717) is 18.0 Å². The van der Waals surface area contributed by atoms with Crippen LogP contribution in [0.4, 0.5) is 5.69 Å². The van der Waals surface area contributed by atoms with Gasteiger partial charge in [-0.2, -0.15) is 0 Å². The minimum Gasteiger partial charge on any atom is -0.492 e. The molecule has 0 radical (unpaired) electrons. The van der Waals surface area contributed by atoms with Gasteiger partial charge in [0.15, 0.2) is 0 Å². The van der Waals surface area contributed by atoms with Gasteiger partial charge in [0.05, 0.1) is 13.2 Å². The standard InChI is InChI=1S/C21H24N4O3/c1-16-5-6-20-23-19(15-25(20)14-16)21(26)22-17-3-2-4-18(13-17)28-12-9-24-7-10-27-11-8-24/h2-6,13-15H,7-12H2,1H3,(H,22,26). The minimum absolute atomic E-state index is 0.244. The molecule has 0 spiro atoms. The highest BCUT2D eigenvalue weighted by Crippen LogP contribution is 2.18. The van der Waals surface area contributed by atoms with E-state index in [9.17, 15) is 4.79 Å². The molecule has 0 atom stereocenters. The molecular weight excluding hydrogens is 356 g/mol. The third-order valence-corrected chi connectivity index (χ3v) is 4.70. The topological polar surface area (TPSA) is 68.1 Å². The summed E-state index contributed by atoms with van der Waals surface area (Å²) in [6.07, 6.45) is 3.68. The van der Waals surface area contributed by atoms with Crippen LogP contribution in [0.1, 0.15) is 16.1 Å². The van der Waals surface area contributed by atoms with Crippen LogP contribution in [0.3, 0.4) is 0 Å². The summed E-state index contributed by atoms with van der Waals surface area (Å²) in [6, 6.07) is 11.3. The van der Waals surface area contributed by atoms with Crippen molar-refractivity contribution in [1.29, 1.82) is 0 Å². The molecule has 28 heavy (non-hydrogen) atoms. The van der Waals surface area contributed by atoms with E-state index in [1.807, 2.05) is 53.9 Å². The van der Waals surface area contributed by atoms with Crippen LogP contribution in [-0.2, 0) is 4.74 Å². The zero-order valence-electron chi connectivity index (χ0n) is 15.9. The van der Waals surface area contributed by atoms with E-state index in [4.69, 9.17) is 9.47 Å². The predicted octanol–water partition coefficient (Wildman–Crippen LogP) is 2.61. The Morgan fingerprint density at radius 3 is 2.93 bits per heavy atom. The molecule has 1 aliphatic heterocycles. The van der Waals surface area contributed by atoms with Crippen LogP contribution >= 0.6 is 0 Å². The van der Waals surface area contributed by atoms with Crippen molar-refractivity contribution in [3.8, 4) is 5.75 Å². The van der Waals surface area contributed by atoms with E-state index < -0.39 is 0 Å². The molecule has 0 bridgehead atoms. The third-order valence-electron chi connectivity index (χ3n) is 4.70. The first-order chi connectivity index (χ1) is 13.7. The van der Waals surface area contributed by atoms with Crippen LogP contribution in [0.5, 0.6) is 5.75 Å². The van der Waals surface area contributed by atoms with Crippen molar-refractivity contribution in [3.05, 3.63) is 60.0 Å². The number of imidazole rings is 1.